The number of aromatic nitrogens is 4. The van der Waals surface area contributed by atoms with Crippen molar-refractivity contribution in [2.45, 2.75) is 6.04 Å². The highest BCUT2D eigenvalue weighted by atomic mass is 16.5. The highest BCUT2D eigenvalue weighted by molar-refractivity contribution is 5.98. The molecule has 1 amide bonds. The first-order chi connectivity index (χ1) is 15.6. The van der Waals surface area contributed by atoms with E-state index in [0.29, 0.717) is 18.0 Å². The first-order valence-corrected chi connectivity index (χ1v) is 10.4. The van der Waals surface area contributed by atoms with Crippen molar-refractivity contribution in [1.29, 1.82) is 0 Å². The van der Waals surface area contributed by atoms with Crippen LogP contribution in [0.4, 0.5) is 5.82 Å². The summed E-state index contributed by atoms with van der Waals surface area (Å²) in [5.41, 5.74) is 8.55. The zero-order valence-corrected chi connectivity index (χ0v) is 17.6. The molecule has 0 saturated carbocycles. The fraction of sp³-hybridized carbons (Fsp3) is 0.217. The van der Waals surface area contributed by atoms with E-state index in [-0.39, 0.29) is 11.9 Å². The minimum atomic E-state index is -0.00107. The van der Waals surface area contributed by atoms with Crippen LogP contribution in [0.3, 0.4) is 0 Å². The smallest absolute Gasteiger partial charge is 0.233 e. The molecule has 0 unspecified atom stereocenters. The summed E-state index contributed by atoms with van der Waals surface area (Å²) in [6.45, 7) is 1.81. The number of anilines is 1. The molecule has 3 heterocycles. The lowest BCUT2D eigenvalue weighted by molar-refractivity contribution is -0.123. The number of amides is 1. The monoisotopic (exact) mass is 429 g/mol. The first-order valence-electron chi connectivity index (χ1n) is 10.4. The topological polar surface area (TPSA) is 111 Å². The Morgan fingerprint density at radius 1 is 1.09 bits per heavy atom. The molecule has 1 aliphatic heterocycles. The van der Waals surface area contributed by atoms with Gasteiger partial charge < -0.3 is 15.8 Å². The van der Waals surface area contributed by atoms with Crippen LogP contribution < -0.4 is 15.8 Å². The third-order valence-electron chi connectivity index (χ3n) is 5.55. The predicted octanol–water partition coefficient (Wildman–Crippen LogP) is 2.47. The van der Waals surface area contributed by atoms with E-state index in [4.69, 9.17) is 15.6 Å². The molecule has 9 heteroatoms. The summed E-state index contributed by atoms with van der Waals surface area (Å²) >= 11 is 0. The Balaban J connectivity index is 1.43. The molecule has 2 aromatic heterocycles. The highest BCUT2D eigenvalue weighted by Gasteiger charge is 2.32. The fourth-order valence-electron chi connectivity index (χ4n) is 3.87. The number of rotatable bonds is 6. The highest BCUT2D eigenvalue weighted by Crippen LogP contribution is 2.34. The van der Waals surface area contributed by atoms with Crippen molar-refractivity contribution in [3.63, 3.8) is 0 Å². The third-order valence-corrected chi connectivity index (χ3v) is 5.55. The summed E-state index contributed by atoms with van der Waals surface area (Å²) in [7, 11) is 1.64. The summed E-state index contributed by atoms with van der Waals surface area (Å²) in [4.78, 5) is 22.3. The molecule has 1 fully saturated rings. The van der Waals surface area contributed by atoms with Crippen LogP contribution in [0.5, 0.6) is 11.5 Å². The molecule has 162 valence electrons. The van der Waals surface area contributed by atoms with E-state index in [1.165, 1.54) is 6.33 Å². The van der Waals surface area contributed by atoms with E-state index in [2.05, 4.69) is 20.2 Å². The van der Waals surface area contributed by atoms with E-state index in [0.717, 1.165) is 41.2 Å². The second-order valence-electron chi connectivity index (χ2n) is 7.71. The van der Waals surface area contributed by atoms with Crippen LogP contribution in [0.1, 0.15) is 6.04 Å². The molecular weight excluding hydrogens is 406 g/mol. The number of nitrogens with one attached hydrogen (secondary N) is 1. The summed E-state index contributed by atoms with van der Waals surface area (Å²) < 4.78 is 7.79. The van der Waals surface area contributed by atoms with Gasteiger partial charge in [-0.2, -0.15) is 5.10 Å². The number of likely N-dealkylation sites (N-methyl/N-ethyl adjacent to an activating group) is 1. The zero-order chi connectivity index (χ0) is 22.1. The Kier molecular flexibility index (Phi) is 5.16. The molecule has 0 spiro atoms. The van der Waals surface area contributed by atoms with Crippen LogP contribution in [0.25, 0.3) is 22.3 Å². The van der Waals surface area contributed by atoms with E-state index in [1.54, 1.807) is 7.05 Å². The van der Waals surface area contributed by atoms with Crippen molar-refractivity contribution in [1.82, 2.24) is 30.0 Å². The van der Waals surface area contributed by atoms with E-state index >= 15 is 0 Å². The summed E-state index contributed by atoms with van der Waals surface area (Å²) in [6.07, 6.45) is 1.46. The number of hydrogen-bond acceptors (Lipinski definition) is 7. The Bertz CT molecular complexity index is 1250. The molecule has 0 aliphatic carbocycles. The van der Waals surface area contributed by atoms with Gasteiger partial charge in [0.05, 0.1) is 18.0 Å². The van der Waals surface area contributed by atoms with Crippen LogP contribution >= 0.6 is 0 Å². The number of nitrogens with two attached hydrogens (primary N) is 1. The normalized spacial score (nSPS) is 14.3. The number of benzene rings is 2. The Morgan fingerprint density at radius 2 is 1.81 bits per heavy atom. The van der Waals surface area contributed by atoms with Crippen LogP contribution in [0, 0.1) is 0 Å². The summed E-state index contributed by atoms with van der Waals surface area (Å²) in [6, 6.07) is 17.5. The number of likely N-dealkylation sites (tertiary alicyclic amines) is 1. The van der Waals surface area contributed by atoms with Crippen LogP contribution in [0.2, 0.25) is 0 Å². The van der Waals surface area contributed by atoms with Gasteiger partial charge in [0, 0.05) is 25.7 Å². The molecule has 1 saturated heterocycles. The predicted molar refractivity (Wildman–Crippen MR) is 121 cm³/mol. The van der Waals surface area contributed by atoms with Gasteiger partial charge in [-0.1, -0.05) is 18.2 Å². The minimum Gasteiger partial charge on any atom is -0.457 e. The molecule has 0 atom stereocenters. The van der Waals surface area contributed by atoms with Gasteiger partial charge in [-0.15, -0.1) is 0 Å². The largest absolute Gasteiger partial charge is 0.457 e. The lowest BCUT2D eigenvalue weighted by Gasteiger charge is -2.38. The summed E-state index contributed by atoms with van der Waals surface area (Å²) in [5, 5.41) is 8.24. The minimum absolute atomic E-state index is 0.00107. The standard InChI is InChI=1S/C23H23N7O2/c1-25-19(31)13-29-11-16(12-29)30-23-20(22(24)26-14-27-23)21(28-30)15-7-9-18(10-8-15)32-17-5-3-2-4-6-17/h2-10,14,16H,11-13H2,1H3,(H,25,31)(H2,24,26,27). The molecule has 3 N–H and O–H groups in total. The molecule has 0 bridgehead atoms. The van der Waals surface area contributed by atoms with Crippen molar-refractivity contribution in [3.8, 4) is 22.8 Å². The number of carbonyl (C=O) groups is 1. The Morgan fingerprint density at radius 3 is 2.53 bits per heavy atom. The van der Waals surface area contributed by atoms with Crippen molar-refractivity contribution in [3.05, 3.63) is 60.9 Å². The third kappa shape index (κ3) is 3.74. The molecule has 2 aromatic carbocycles. The molecule has 9 nitrogen and oxygen atoms in total. The lowest BCUT2D eigenvalue weighted by Crippen LogP contribution is -2.51. The Hall–Kier alpha value is -3.98. The van der Waals surface area contributed by atoms with Crippen molar-refractivity contribution < 1.29 is 9.53 Å². The lowest BCUT2D eigenvalue weighted by atomic mass is 10.1. The summed E-state index contributed by atoms with van der Waals surface area (Å²) in [5.74, 6) is 1.90. The Labute approximate surface area is 184 Å². The number of carbonyl (C=O) groups excluding carboxylic acids is 1. The maximum Gasteiger partial charge on any atom is 0.233 e. The maximum absolute atomic E-state index is 11.6. The number of nitrogens with zero attached hydrogens (tertiary/aromatic N) is 5. The van der Waals surface area contributed by atoms with Crippen LogP contribution in [-0.4, -0.2) is 57.2 Å². The van der Waals surface area contributed by atoms with Crippen molar-refractivity contribution >= 4 is 22.8 Å². The van der Waals surface area contributed by atoms with Gasteiger partial charge in [0.1, 0.15) is 29.3 Å². The second-order valence-corrected chi connectivity index (χ2v) is 7.71. The van der Waals surface area contributed by atoms with E-state index in [1.807, 2.05) is 59.3 Å². The molecule has 32 heavy (non-hydrogen) atoms. The van der Waals surface area contributed by atoms with Gasteiger partial charge in [-0.05, 0) is 36.4 Å². The quantitative estimate of drug-likeness (QED) is 0.484. The fourth-order valence-corrected chi connectivity index (χ4v) is 3.87. The number of nitrogen functional groups attached to an aromatic ring is 1. The molecule has 0 radical (unpaired) electrons. The van der Waals surface area contributed by atoms with Crippen LogP contribution in [-0.2, 0) is 4.79 Å². The van der Waals surface area contributed by atoms with E-state index < -0.39 is 0 Å². The number of para-hydroxylation sites is 1. The van der Waals surface area contributed by atoms with Gasteiger partial charge in [-0.3, -0.25) is 9.69 Å². The second kappa shape index (κ2) is 8.27. The van der Waals surface area contributed by atoms with Gasteiger partial charge in [-0.25, -0.2) is 14.6 Å². The number of hydrogen-bond donors (Lipinski definition) is 2. The van der Waals surface area contributed by atoms with Crippen molar-refractivity contribution in [2.24, 2.45) is 0 Å². The molecule has 4 aromatic rings. The molecular formula is C23H23N7O2. The molecule has 1 aliphatic rings. The first kappa shape index (κ1) is 20.0. The van der Waals surface area contributed by atoms with Gasteiger partial charge in [0.15, 0.2) is 5.65 Å². The van der Waals surface area contributed by atoms with Gasteiger partial charge in [0.25, 0.3) is 0 Å². The van der Waals surface area contributed by atoms with E-state index in [9.17, 15) is 4.79 Å². The zero-order valence-electron chi connectivity index (χ0n) is 17.6. The maximum atomic E-state index is 11.6. The molecule has 5 rings (SSSR count). The van der Waals surface area contributed by atoms with Gasteiger partial charge in [0.2, 0.25) is 5.91 Å². The van der Waals surface area contributed by atoms with Crippen LogP contribution in [0.15, 0.2) is 60.9 Å². The average Bonchev–Trinajstić information content (AvgIpc) is 3.17. The number of fused-ring (bicyclic) bond motifs is 1. The van der Waals surface area contributed by atoms with Crippen molar-refractivity contribution in [2.75, 3.05) is 32.4 Å². The van der Waals surface area contributed by atoms with Gasteiger partial charge >= 0.3 is 0 Å². The SMILES string of the molecule is CNC(=O)CN1CC(n2nc(-c3ccc(Oc4ccccc4)cc3)c3c(N)ncnc32)C1. The average molecular weight is 429 g/mol. The number of ether oxygens (including phenoxy) is 1.